The number of carbonyl (C=O) groups is 1. The van der Waals surface area contributed by atoms with Gasteiger partial charge in [-0.2, -0.15) is 17.5 Å². The molecule has 2 rings (SSSR count). The molecule has 28 heavy (non-hydrogen) atoms. The predicted molar refractivity (Wildman–Crippen MR) is 98.8 cm³/mol. The van der Waals surface area contributed by atoms with E-state index in [4.69, 9.17) is 11.6 Å². The molecule has 6 nitrogen and oxygen atoms in total. The number of hydrogen-bond donors (Lipinski definition) is 1. The lowest BCUT2D eigenvalue weighted by Gasteiger charge is -2.19. The molecule has 0 saturated carbocycles. The highest BCUT2D eigenvalue weighted by Gasteiger charge is 2.32. The monoisotopic (exact) mass is 435 g/mol. The number of sulfonamides is 1. The molecule has 152 valence electrons. The highest BCUT2D eigenvalue weighted by Crippen LogP contribution is 2.29. The fourth-order valence-electron chi connectivity index (χ4n) is 2.38. The van der Waals surface area contributed by atoms with Crippen molar-refractivity contribution in [3.8, 4) is 0 Å². The number of pyridine rings is 1. The lowest BCUT2D eigenvalue weighted by atomic mass is 10.2. The Labute approximate surface area is 165 Å². The molecule has 1 heterocycles. The average Bonchev–Trinajstić information content (AvgIpc) is 2.63. The number of nitrogens with one attached hydrogen (secondary N) is 1. The molecule has 0 radical (unpaired) electrons. The van der Waals surface area contributed by atoms with Crippen molar-refractivity contribution in [2.24, 2.45) is 0 Å². The smallest absolute Gasteiger partial charge is 0.322 e. The largest absolute Gasteiger partial charge is 0.433 e. The Morgan fingerprint density at radius 2 is 1.82 bits per heavy atom. The van der Waals surface area contributed by atoms with Crippen molar-refractivity contribution in [3.63, 3.8) is 0 Å². The summed E-state index contributed by atoms with van der Waals surface area (Å²) < 4.78 is 64.2. The Kier molecular flexibility index (Phi) is 6.68. The van der Waals surface area contributed by atoms with E-state index in [9.17, 15) is 26.4 Å². The Hall–Kier alpha value is -2.17. The van der Waals surface area contributed by atoms with Crippen molar-refractivity contribution in [1.29, 1.82) is 0 Å². The minimum Gasteiger partial charge on any atom is -0.322 e. The summed E-state index contributed by atoms with van der Waals surface area (Å²) in [4.78, 5) is 15.3. The van der Waals surface area contributed by atoms with Crippen LogP contribution in [0.1, 0.15) is 29.9 Å². The summed E-state index contributed by atoms with van der Waals surface area (Å²) in [5.74, 6) is -0.741. The van der Waals surface area contributed by atoms with Gasteiger partial charge >= 0.3 is 6.18 Å². The second-order valence-corrected chi connectivity index (χ2v) is 7.93. The lowest BCUT2D eigenvalue weighted by molar-refractivity contribution is -0.141. The van der Waals surface area contributed by atoms with Crippen molar-refractivity contribution in [2.45, 2.75) is 24.9 Å². The first kappa shape index (κ1) is 22.1. The number of rotatable bonds is 6. The van der Waals surface area contributed by atoms with Crippen LogP contribution >= 0.6 is 11.6 Å². The molecule has 0 bridgehead atoms. The van der Waals surface area contributed by atoms with Gasteiger partial charge in [0.25, 0.3) is 5.91 Å². The van der Waals surface area contributed by atoms with Crippen LogP contribution in [0.25, 0.3) is 0 Å². The molecular formula is C17H17ClF3N3O3S. The molecule has 0 aliphatic heterocycles. The zero-order chi connectivity index (χ0) is 21.1. The van der Waals surface area contributed by atoms with Crippen LogP contribution in [-0.2, 0) is 16.2 Å². The summed E-state index contributed by atoms with van der Waals surface area (Å²) >= 11 is 6.02. The van der Waals surface area contributed by atoms with E-state index < -0.39 is 27.8 Å². The SMILES string of the molecule is CCN(CC)S(=O)(=O)c1cc(NC(=O)c2ccc(C(F)(F)F)nc2)ccc1Cl. The molecule has 0 spiro atoms. The maximum atomic E-state index is 12.7. The Balaban J connectivity index is 2.29. The maximum absolute atomic E-state index is 12.7. The predicted octanol–water partition coefficient (Wildman–Crippen LogP) is 4.04. The first-order chi connectivity index (χ1) is 13.0. The third-order valence-electron chi connectivity index (χ3n) is 3.83. The van der Waals surface area contributed by atoms with E-state index in [0.29, 0.717) is 6.07 Å². The second kappa shape index (κ2) is 8.46. The molecule has 0 fully saturated rings. The molecule has 1 aromatic heterocycles. The van der Waals surface area contributed by atoms with Gasteiger partial charge in [0.1, 0.15) is 10.6 Å². The van der Waals surface area contributed by atoms with E-state index in [2.05, 4.69) is 10.3 Å². The van der Waals surface area contributed by atoms with Gasteiger partial charge in [-0.05, 0) is 30.3 Å². The van der Waals surface area contributed by atoms with Gasteiger partial charge in [-0.25, -0.2) is 8.42 Å². The van der Waals surface area contributed by atoms with E-state index in [0.717, 1.165) is 12.3 Å². The number of alkyl halides is 3. The highest BCUT2D eigenvalue weighted by molar-refractivity contribution is 7.89. The van der Waals surface area contributed by atoms with Gasteiger partial charge in [-0.1, -0.05) is 25.4 Å². The molecule has 0 aliphatic carbocycles. The van der Waals surface area contributed by atoms with Crippen LogP contribution in [0.4, 0.5) is 18.9 Å². The number of hydrogen-bond acceptors (Lipinski definition) is 4. The zero-order valence-electron chi connectivity index (χ0n) is 14.9. The summed E-state index contributed by atoms with van der Waals surface area (Å²) in [7, 11) is -3.86. The van der Waals surface area contributed by atoms with E-state index in [1.807, 2.05) is 0 Å². The van der Waals surface area contributed by atoms with Crippen LogP contribution in [0.5, 0.6) is 0 Å². The zero-order valence-corrected chi connectivity index (χ0v) is 16.5. The van der Waals surface area contributed by atoms with Gasteiger partial charge in [0.15, 0.2) is 0 Å². The van der Waals surface area contributed by atoms with Gasteiger partial charge in [-0.15, -0.1) is 0 Å². The highest BCUT2D eigenvalue weighted by atomic mass is 35.5. The molecule has 1 amide bonds. The quantitative estimate of drug-likeness (QED) is 0.742. The van der Waals surface area contributed by atoms with Crippen molar-refractivity contribution in [3.05, 3.63) is 52.8 Å². The Morgan fingerprint density at radius 3 is 2.32 bits per heavy atom. The van der Waals surface area contributed by atoms with E-state index in [-0.39, 0.29) is 34.3 Å². The van der Waals surface area contributed by atoms with E-state index >= 15 is 0 Å². The molecular weight excluding hydrogens is 419 g/mol. The second-order valence-electron chi connectivity index (χ2n) is 5.62. The molecule has 2 aromatic rings. The van der Waals surface area contributed by atoms with Crippen LogP contribution in [0, 0.1) is 0 Å². The van der Waals surface area contributed by atoms with Crippen molar-refractivity contribution in [2.75, 3.05) is 18.4 Å². The molecule has 11 heteroatoms. The third-order valence-corrected chi connectivity index (χ3v) is 6.36. The summed E-state index contributed by atoms with van der Waals surface area (Å²) in [6.07, 6.45) is -3.82. The number of halogens is 4. The van der Waals surface area contributed by atoms with Gasteiger partial charge in [0.2, 0.25) is 10.0 Å². The molecule has 0 atom stereocenters. The van der Waals surface area contributed by atoms with E-state index in [1.165, 1.54) is 22.5 Å². The minimum atomic E-state index is -4.61. The van der Waals surface area contributed by atoms with E-state index in [1.54, 1.807) is 13.8 Å². The summed E-state index contributed by atoms with van der Waals surface area (Å²) in [5, 5.41) is 2.42. The molecule has 0 aliphatic rings. The van der Waals surface area contributed by atoms with Crippen LogP contribution in [0.3, 0.4) is 0 Å². The molecule has 1 aromatic carbocycles. The summed E-state index contributed by atoms with van der Waals surface area (Å²) in [5.41, 5.74) is -1.11. The summed E-state index contributed by atoms with van der Waals surface area (Å²) in [6, 6.07) is 5.57. The molecule has 1 N–H and O–H groups in total. The molecule has 0 saturated heterocycles. The number of amides is 1. The first-order valence-corrected chi connectivity index (χ1v) is 9.96. The maximum Gasteiger partial charge on any atom is 0.433 e. The van der Waals surface area contributed by atoms with Gasteiger partial charge < -0.3 is 5.32 Å². The third kappa shape index (κ3) is 4.81. The standard InChI is InChI=1S/C17H17ClF3N3O3S/c1-3-24(4-2)28(26,27)14-9-12(6-7-13(14)18)23-16(25)11-5-8-15(22-10-11)17(19,20)21/h5-10H,3-4H2,1-2H3,(H,23,25). The van der Waals surface area contributed by atoms with Crippen molar-refractivity contribution >= 4 is 33.2 Å². The van der Waals surface area contributed by atoms with Crippen molar-refractivity contribution < 1.29 is 26.4 Å². The van der Waals surface area contributed by atoms with Crippen LogP contribution < -0.4 is 5.32 Å². The number of anilines is 1. The normalized spacial score (nSPS) is 12.2. The lowest BCUT2D eigenvalue weighted by Crippen LogP contribution is -2.30. The number of benzene rings is 1. The number of carbonyl (C=O) groups excluding carboxylic acids is 1. The first-order valence-electron chi connectivity index (χ1n) is 8.15. The topological polar surface area (TPSA) is 79.4 Å². The number of aromatic nitrogens is 1. The van der Waals surface area contributed by atoms with Crippen LogP contribution in [0.15, 0.2) is 41.4 Å². The van der Waals surface area contributed by atoms with Crippen molar-refractivity contribution in [1.82, 2.24) is 9.29 Å². The fraction of sp³-hybridized carbons (Fsp3) is 0.294. The van der Waals surface area contributed by atoms with Gasteiger partial charge in [0, 0.05) is 25.0 Å². The number of nitrogens with zero attached hydrogens (tertiary/aromatic N) is 2. The molecule has 0 unspecified atom stereocenters. The van der Waals surface area contributed by atoms with Crippen LogP contribution in [-0.4, -0.2) is 36.7 Å². The fourth-order valence-corrected chi connectivity index (χ4v) is 4.34. The van der Waals surface area contributed by atoms with Gasteiger partial charge in [-0.3, -0.25) is 9.78 Å². The summed E-state index contributed by atoms with van der Waals surface area (Å²) in [6.45, 7) is 3.84. The Bertz CT molecular complexity index is 960. The minimum absolute atomic E-state index is 0.0129. The average molecular weight is 436 g/mol. The van der Waals surface area contributed by atoms with Gasteiger partial charge in [0.05, 0.1) is 10.6 Å². The Morgan fingerprint density at radius 1 is 1.18 bits per heavy atom. The van der Waals surface area contributed by atoms with Crippen LogP contribution in [0.2, 0.25) is 5.02 Å².